The van der Waals surface area contributed by atoms with Gasteiger partial charge in [-0.25, -0.2) is 8.42 Å². The molecule has 0 aromatic rings. The number of sulfonamides is 1. The maximum absolute atomic E-state index is 10.5. The van der Waals surface area contributed by atoms with E-state index >= 15 is 0 Å². The number of hydrogen-bond donors (Lipinski definition) is 0. The first kappa shape index (κ1) is 8.26. The lowest BCUT2D eigenvalue weighted by atomic mass is 11.6. The smallest absolute Gasteiger partial charge is 0.212 e. The third-order valence-corrected chi connectivity index (χ3v) is 3.43. The van der Waals surface area contributed by atoms with Gasteiger partial charge in [0.15, 0.2) is 0 Å². The van der Waals surface area contributed by atoms with Gasteiger partial charge in [0.25, 0.3) is 0 Å². The molecule has 3 nitrogen and oxygen atoms in total. The van der Waals surface area contributed by atoms with Crippen LogP contribution in [0, 0.1) is 0 Å². The zero-order valence-corrected chi connectivity index (χ0v) is 6.71. The highest BCUT2D eigenvalue weighted by Gasteiger charge is 2.06. The topological polar surface area (TPSA) is 37.4 Å². The van der Waals surface area contributed by atoms with E-state index in [4.69, 9.17) is 0 Å². The van der Waals surface area contributed by atoms with Crippen molar-refractivity contribution in [1.29, 1.82) is 0 Å². The fourth-order valence-corrected chi connectivity index (χ4v) is 1.22. The second kappa shape index (κ2) is 2.70. The second-order valence-corrected chi connectivity index (χ2v) is 4.51. The summed E-state index contributed by atoms with van der Waals surface area (Å²) in [5.74, 6) is 0. The summed E-state index contributed by atoms with van der Waals surface area (Å²) in [5.41, 5.74) is 0. The first-order chi connectivity index (χ1) is 3.48. The molecule has 0 amide bonds. The van der Waals surface area contributed by atoms with Gasteiger partial charge < -0.3 is 0 Å². The third-order valence-electron chi connectivity index (χ3n) is 0.724. The van der Waals surface area contributed by atoms with E-state index in [9.17, 15) is 8.42 Å². The maximum Gasteiger partial charge on any atom is 0.220 e. The molecule has 0 fully saturated rings. The highest BCUT2D eigenvalue weighted by molar-refractivity contribution is 8.07. The molecular formula is C3H9NO2S2. The Morgan fingerprint density at radius 2 is 1.88 bits per heavy atom. The standard InChI is InChI=1S/C3H9NO2S2/c1-4(7-2)8(3,5)6/h1-3H3. The summed E-state index contributed by atoms with van der Waals surface area (Å²) in [4.78, 5) is 0. The summed E-state index contributed by atoms with van der Waals surface area (Å²) < 4.78 is 22.1. The quantitative estimate of drug-likeness (QED) is 0.533. The van der Waals surface area contributed by atoms with Crippen molar-refractivity contribution in [2.45, 2.75) is 0 Å². The fourth-order valence-electron chi connectivity index (χ4n) is 0.135. The Morgan fingerprint density at radius 3 is 1.88 bits per heavy atom. The Balaban J connectivity index is 4.04. The molecule has 0 saturated heterocycles. The van der Waals surface area contributed by atoms with E-state index in [2.05, 4.69) is 0 Å². The molecule has 0 saturated carbocycles. The van der Waals surface area contributed by atoms with Gasteiger partial charge in [-0.1, -0.05) is 11.9 Å². The molecule has 0 rings (SSSR count). The van der Waals surface area contributed by atoms with Crippen molar-refractivity contribution in [3.63, 3.8) is 0 Å². The molecule has 0 heterocycles. The molecule has 0 aliphatic heterocycles. The Hall–Kier alpha value is 0.260. The fraction of sp³-hybridized carbons (Fsp3) is 1.00. The molecule has 0 aromatic heterocycles. The minimum absolute atomic E-state index is 1.17. The van der Waals surface area contributed by atoms with Crippen LogP contribution in [0.15, 0.2) is 0 Å². The molecule has 0 aliphatic carbocycles. The van der Waals surface area contributed by atoms with Gasteiger partial charge in [0, 0.05) is 7.05 Å². The first-order valence-corrected chi connectivity index (χ1v) is 4.99. The van der Waals surface area contributed by atoms with Crippen LogP contribution in [0.3, 0.4) is 0 Å². The summed E-state index contributed by atoms with van der Waals surface area (Å²) in [5, 5.41) is 0. The molecule has 0 unspecified atom stereocenters. The number of hydrogen-bond acceptors (Lipinski definition) is 3. The molecule has 5 heteroatoms. The third kappa shape index (κ3) is 2.54. The first-order valence-electron chi connectivity index (χ1n) is 1.96. The lowest BCUT2D eigenvalue weighted by Gasteiger charge is -2.07. The number of rotatable bonds is 2. The van der Waals surface area contributed by atoms with Crippen LogP contribution in [0.1, 0.15) is 0 Å². The van der Waals surface area contributed by atoms with Gasteiger partial charge in [0.2, 0.25) is 10.0 Å². The predicted molar refractivity (Wildman–Crippen MR) is 36.1 cm³/mol. The van der Waals surface area contributed by atoms with E-state index in [1.165, 1.54) is 29.0 Å². The normalized spacial score (nSPS) is 12.5. The molecule has 8 heavy (non-hydrogen) atoms. The second-order valence-electron chi connectivity index (χ2n) is 1.36. The van der Waals surface area contributed by atoms with Crippen LogP contribution in [-0.2, 0) is 10.0 Å². The molecule has 0 aromatic carbocycles. The van der Waals surface area contributed by atoms with Gasteiger partial charge in [-0.3, -0.25) is 0 Å². The summed E-state index contributed by atoms with van der Waals surface area (Å²) in [6.07, 6.45) is 2.88. The minimum Gasteiger partial charge on any atom is -0.212 e. The summed E-state index contributed by atoms with van der Waals surface area (Å²) >= 11 is 1.18. The predicted octanol–water partition coefficient (Wildman–Crippen LogP) is 0.156. The van der Waals surface area contributed by atoms with E-state index in [0.717, 1.165) is 0 Å². The van der Waals surface area contributed by atoms with Crippen molar-refractivity contribution in [2.75, 3.05) is 19.6 Å². The van der Waals surface area contributed by atoms with E-state index in [1.807, 2.05) is 0 Å². The summed E-state index contributed by atoms with van der Waals surface area (Å²) in [6, 6.07) is 0. The summed E-state index contributed by atoms with van der Waals surface area (Å²) in [6.45, 7) is 0. The molecule has 0 N–H and O–H groups in total. The minimum atomic E-state index is -2.96. The largest absolute Gasteiger partial charge is 0.220 e. The van der Waals surface area contributed by atoms with Gasteiger partial charge in [-0.2, -0.15) is 0 Å². The van der Waals surface area contributed by atoms with Gasteiger partial charge in [0.1, 0.15) is 0 Å². The molecule has 50 valence electrons. The zero-order chi connectivity index (χ0) is 6.78. The lowest BCUT2D eigenvalue weighted by Crippen LogP contribution is -2.16. The van der Waals surface area contributed by atoms with E-state index < -0.39 is 10.0 Å². The van der Waals surface area contributed by atoms with E-state index in [1.54, 1.807) is 6.26 Å². The molecule has 0 atom stereocenters. The molecule has 0 spiro atoms. The van der Waals surface area contributed by atoms with Crippen LogP contribution in [0.25, 0.3) is 0 Å². The van der Waals surface area contributed by atoms with Crippen molar-refractivity contribution in [1.82, 2.24) is 3.71 Å². The van der Waals surface area contributed by atoms with Crippen LogP contribution in [0.4, 0.5) is 0 Å². The van der Waals surface area contributed by atoms with Crippen LogP contribution < -0.4 is 0 Å². The van der Waals surface area contributed by atoms with Gasteiger partial charge in [-0.15, -0.1) is 3.71 Å². The summed E-state index contributed by atoms with van der Waals surface area (Å²) in [7, 11) is -1.44. The van der Waals surface area contributed by atoms with E-state index in [0.29, 0.717) is 0 Å². The Bertz CT molecular complexity index is 151. The molecule has 0 radical (unpaired) electrons. The monoisotopic (exact) mass is 155 g/mol. The van der Waals surface area contributed by atoms with Gasteiger partial charge in [0.05, 0.1) is 6.26 Å². The van der Waals surface area contributed by atoms with Crippen molar-refractivity contribution in [3.8, 4) is 0 Å². The Morgan fingerprint density at radius 1 is 1.50 bits per heavy atom. The van der Waals surface area contributed by atoms with Crippen LogP contribution >= 0.6 is 11.9 Å². The number of nitrogens with zero attached hydrogens (tertiary/aromatic N) is 1. The Kier molecular flexibility index (Phi) is 2.79. The van der Waals surface area contributed by atoms with Gasteiger partial charge >= 0.3 is 0 Å². The SMILES string of the molecule is CSN(C)S(C)(=O)=O. The highest BCUT2D eigenvalue weighted by atomic mass is 32.3. The lowest BCUT2D eigenvalue weighted by molar-refractivity contribution is 0.571. The zero-order valence-electron chi connectivity index (χ0n) is 5.08. The van der Waals surface area contributed by atoms with Crippen LogP contribution in [-0.4, -0.2) is 31.7 Å². The van der Waals surface area contributed by atoms with Crippen LogP contribution in [0.5, 0.6) is 0 Å². The Labute approximate surface area is 54.2 Å². The average Bonchev–Trinajstić information content (AvgIpc) is 1.62. The van der Waals surface area contributed by atoms with Crippen molar-refractivity contribution >= 4 is 22.0 Å². The van der Waals surface area contributed by atoms with Crippen molar-refractivity contribution in [2.24, 2.45) is 0 Å². The average molecular weight is 155 g/mol. The molecular weight excluding hydrogens is 146 g/mol. The molecule has 0 bridgehead atoms. The molecule has 0 aliphatic rings. The van der Waals surface area contributed by atoms with Crippen LogP contribution in [0.2, 0.25) is 0 Å². The maximum atomic E-state index is 10.5. The van der Waals surface area contributed by atoms with Crippen molar-refractivity contribution < 1.29 is 8.42 Å². The van der Waals surface area contributed by atoms with E-state index in [-0.39, 0.29) is 0 Å². The highest BCUT2D eigenvalue weighted by Crippen LogP contribution is 2.04. The van der Waals surface area contributed by atoms with Crippen molar-refractivity contribution in [3.05, 3.63) is 0 Å². The van der Waals surface area contributed by atoms with Gasteiger partial charge in [-0.05, 0) is 6.26 Å².